The minimum atomic E-state index is -0.0405. The van der Waals surface area contributed by atoms with Gasteiger partial charge in [-0.1, -0.05) is 18.2 Å². The highest BCUT2D eigenvalue weighted by Crippen LogP contribution is 2.12. The van der Waals surface area contributed by atoms with E-state index in [9.17, 15) is 4.79 Å². The molecule has 0 radical (unpaired) electrons. The molecule has 1 amide bonds. The Labute approximate surface area is 89.3 Å². The second-order valence-corrected chi connectivity index (χ2v) is 3.59. The Morgan fingerprint density at radius 2 is 1.93 bits per heavy atom. The van der Waals surface area contributed by atoms with Crippen LogP contribution >= 0.6 is 11.6 Å². The lowest BCUT2D eigenvalue weighted by molar-refractivity contribution is 0.0955. The standard InChI is InChI=1S/C11H14ClNO/c1-8-4-3-5-9(2)10(8)11(14)13-7-6-12/h3-5H,6-7H2,1-2H3,(H,13,14). The van der Waals surface area contributed by atoms with Gasteiger partial charge in [0.05, 0.1) is 0 Å². The van der Waals surface area contributed by atoms with Gasteiger partial charge in [-0.05, 0) is 25.0 Å². The number of carbonyl (C=O) groups is 1. The molecule has 0 aliphatic carbocycles. The van der Waals surface area contributed by atoms with Gasteiger partial charge in [0.25, 0.3) is 5.91 Å². The summed E-state index contributed by atoms with van der Waals surface area (Å²) in [6.07, 6.45) is 0. The van der Waals surface area contributed by atoms with Crippen molar-refractivity contribution in [2.24, 2.45) is 0 Å². The van der Waals surface area contributed by atoms with Crippen LogP contribution in [-0.2, 0) is 0 Å². The van der Waals surface area contributed by atoms with Crippen LogP contribution in [0.1, 0.15) is 21.5 Å². The Morgan fingerprint density at radius 3 is 2.43 bits per heavy atom. The Hall–Kier alpha value is -1.02. The first kappa shape index (κ1) is 11.1. The third-order valence-electron chi connectivity index (χ3n) is 2.09. The molecular weight excluding hydrogens is 198 g/mol. The van der Waals surface area contributed by atoms with E-state index in [0.717, 1.165) is 16.7 Å². The Kier molecular flexibility index (Phi) is 3.96. The molecule has 1 N–H and O–H groups in total. The normalized spacial score (nSPS) is 9.93. The number of halogens is 1. The van der Waals surface area contributed by atoms with Crippen molar-refractivity contribution in [1.29, 1.82) is 0 Å². The number of carbonyl (C=O) groups excluding carboxylic acids is 1. The molecule has 0 fully saturated rings. The van der Waals surface area contributed by atoms with Crippen molar-refractivity contribution >= 4 is 17.5 Å². The highest BCUT2D eigenvalue weighted by Gasteiger charge is 2.10. The minimum Gasteiger partial charge on any atom is -0.351 e. The van der Waals surface area contributed by atoms with Gasteiger partial charge >= 0.3 is 0 Å². The molecule has 1 rings (SSSR count). The fourth-order valence-corrected chi connectivity index (χ4v) is 1.52. The van der Waals surface area contributed by atoms with Crippen LogP contribution in [0.15, 0.2) is 18.2 Å². The first-order chi connectivity index (χ1) is 6.66. The lowest BCUT2D eigenvalue weighted by Crippen LogP contribution is -2.26. The van der Waals surface area contributed by atoms with Gasteiger partial charge in [-0.25, -0.2) is 0 Å². The molecule has 1 aromatic carbocycles. The van der Waals surface area contributed by atoms with E-state index in [4.69, 9.17) is 11.6 Å². The molecule has 0 atom stereocenters. The summed E-state index contributed by atoms with van der Waals surface area (Å²) < 4.78 is 0. The van der Waals surface area contributed by atoms with E-state index in [1.165, 1.54) is 0 Å². The monoisotopic (exact) mass is 211 g/mol. The van der Waals surface area contributed by atoms with Crippen molar-refractivity contribution in [3.8, 4) is 0 Å². The fourth-order valence-electron chi connectivity index (χ4n) is 1.42. The first-order valence-electron chi connectivity index (χ1n) is 4.57. The van der Waals surface area contributed by atoms with Gasteiger partial charge < -0.3 is 5.32 Å². The van der Waals surface area contributed by atoms with Gasteiger partial charge in [-0.15, -0.1) is 11.6 Å². The fraction of sp³-hybridized carbons (Fsp3) is 0.364. The number of aryl methyl sites for hydroxylation is 2. The van der Waals surface area contributed by atoms with Crippen molar-refractivity contribution in [3.05, 3.63) is 34.9 Å². The molecule has 0 bridgehead atoms. The van der Waals surface area contributed by atoms with Gasteiger partial charge in [0, 0.05) is 18.0 Å². The van der Waals surface area contributed by atoms with E-state index in [1.807, 2.05) is 32.0 Å². The van der Waals surface area contributed by atoms with Crippen LogP contribution in [0.25, 0.3) is 0 Å². The van der Waals surface area contributed by atoms with Crippen LogP contribution in [0.5, 0.6) is 0 Å². The maximum absolute atomic E-state index is 11.7. The predicted octanol–water partition coefficient (Wildman–Crippen LogP) is 2.27. The lowest BCUT2D eigenvalue weighted by atomic mass is 10.0. The number of hydrogen-bond acceptors (Lipinski definition) is 1. The van der Waals surface area contributed by atoms with Gasteiger partial charge in [-0.3, -0.25) is 4.79 Å². The number of amides is 1. The highest BCUT2D eigenvalue weighted by atomic mass is 35.5. The second-order valence-electron chi connectivity index (χ2n) is 3.21. The zero-order chi connectivity index (χ0) is 10.6. The molecule has 2 nitrogen and oxygen atoms in total. The topological polar surface area (TPSA) is 29.1 Å². The molecule has 0 heterocycles. The average Bonchev–Trinajstić information content (AvgIpc) is 2.14. The third-order valence-corrected chi connectivity index (χ3v) is 2.28. The summed E-state index contributed by atoms with van der Waals surface area (Å²) in [5.74, 6) is 0.401. The highest BCUT2D eigenvalue weighted by molar-refractivity contribution is 6.18. The van der Waals surface area contributed by atoms with Gasteiger partial charge in [0.1, 0.15) is 0 Å². The Balaban J connectivity index is 2.89. The molecule has 0 unspecified atom stereocenters. The predicted molar refractivity (Wildman–Crippen MR) is 59.0 cm³/mol. The van der Waals surface area contributed by atoms with E-state index in [1.54, 1.807) is 0 Å². The summed E-state index contributed by atoms with van der Waals surface area (Å²) in [5, 5.41) is 2.76. The summed E-state index contributed by atoms with van der Waals surface area (Å²) in [5.41, 5.74) is 2.76. The van der Waals surface area contributed by atoms with Gasteiger partial charge in [0.15, 0.2) is 0 Å². The first-order valence-corrected chi connectivity index (χ1v) is 5.10. The zero-order valence-corrected chi connectivity index (χ0v) is 9.19. The second kappa shape index (κ2) is 5.01. The molecule has 0 aliphatic heterocycles. The molecule has 0 aromatic heterocycles. The van der Waals surface area contributed by atoms with Crippen molar-refractivity contribution in [2.75, 3.05) is 12.4 Å². The van der Waals surface area contributed by atoms with Gasteiger partial charge in [0.2, 0.25) is 0 Å². The van der Waals surface area contributed by atoms with Crippen LogP contribution in [0.4, 0.5) is 0 Å². The molecule has 0 spiro atoms. The number of benzene rings is 1. The number of rotatable bonds is 3. The van der Waals surface area contributed by atoms with E-state index in [2.05, 4.69) is 5.32 Å². The SMILES string of the molecule is Cc1cccc(C)c1C(=O)NCCCl. The van der Waals surface area contributed by atoms with Crippen LogP contribution in [0.3, 0.4) is 0 Å². The molecule has 3 heteroatoms. The number of alkyl halides is 1. The van der Waals surface area contributed by atoms with Crippen LogP contribution in [0.2, 0.25) is 0 Å². The quantitative estimate of drug-likeness (QED) is 0.764. The van der Waals surface area contributed by atoms with E-state index >= 15 is 0 Å². The van der Waals surface area contributed by atoms with Crippen molar-refractivity contribution in [2.45, 2.75) is 13.8 Å². The Bertz CT molecular complexity index is 316. The largest absolute Gasteiger partial charge is 0.351 e. The number of nitrogens with one attached hydrogen (secondary N) is 1. The van der Waals surface area contributed by atoms with E-state index in [0.29, 0.717) is 12.4 Å². The molecule has 0 aliphatic rings. The van der Waals surface area contributed by atoms with E-state index < -0.39 is 0 Å². The lowest BCUT2D eigenvalue weighted by Gasteiger charge is -2.08. The van der Waals surface area contributed by atoms with Gasteiger partial charge in [-0.2, -0.15) is 0 Å². The van der Waals surface area contributed by atoms with Crippen LogP contribution < -0.4 is 5.32 Å². The molecule has 0 saturated heterocycles. The molecule has 14 heavy (non-hydrogen) atoms. The van der Waals surface area contributed by atoms with Crippen LogP contribution in [0, 0.1) is 13.8 Å². The zero-order valence-electron chi connectivity index (χ0n) is 8.43. The average molecular weight is 212 g/mol. The molecule has 0 saturated carbocycles. The summed E-state index contributed by atoms with van der Waals surface area (Å²) in [6, 6.07) is 5.81. The minimum absolute atomic E-state index is 0.0405. The summed E-state index contributed by atoms with van der Waals surface area (Å²) >= 11 is 5.50. The van der Waals surface area contributed by atoms with Crippen molar-refractivity contribution in [1.82, 2.24) is 5.32 Å². The molecule has 76 valence electrons. The van der Waals surface area contributed by atoms with Crippen molar-refractivity contribution in [3.63, 3.8) is 0 Å². The van der Waals surface area contributed by atoms with Crippen LogP contribution in [-0.4, -0.2) is 18.3 Å². The smallest absolute Gasteiger partial charge is 0.251 e. The number of hydrogen-bond donors (Lipinski definition) is 1. The molecule has 1 aromatic rings. The van der Waals surface area contributed by atoms with E-state index in [-0.39, 0.29) is 5.91 Å². The summed E-state index contributed by atoms with van der Waals surface area (Å²) in [6.45, 7) is 4.37. The third kappa shape index (κ3) is 2.48. The molecular formula is C11H14ClNO. The Morgan fingerprint density at radius 1 is 1.36 bits per heavy atom. The maximum atomic E-state index is 11.7. The summed E-state index contributed by atoms with van der Waals surface area (Å²) in [7, 11) is 0. The summed E-state index contributed by atoms with van der Waals surface area (Å²) in [4.78, 5) is 11.7. The maximum Gasteiger partial charge on any atom is 0.251 e. The van der Waals surface area contributed by atoms with Crippen molar-refractivity contribution < 1.29 is 4.79 Å².